The number of hydrogen-bond donors (Lipinski definition) is 1. The molecule has 2 heterocycles. The van der Waals surface area contributed by atoms with Crippen molar-refractivity contribution in [3.8, 4) is 11.1 Å². The molecule has 5 heteroatoms. The van der Waals surface area contributed by atoms with Gasteiger partial charge in [-0.25, -0.2) is 4.39 Å². The minimum absolute atomic E-state index is 0.0524. The summed E-state index contributed by atoms with van der Waals surface area (Å²) in [6.07, 6.45) is 1.94. The van der Waals surface area contributed by atoms with Crippen molar-refractivity contribution in [2.45, 2.75) is 25.8 Å². The number of carbonyl (C=O) groups excluding carboxylic acids is 1. The molecule has 2 N–H and O–H groups in total. The van der Waals surface area contributed by atoms with Gasteiger partial charge in [0, 0.05) is 24.0 Å². The van der Waals surface area contributed by atoms with Gasteiger partial charge in [0.1, 0.15) is 5.82 Å². The van der Waals surface area contributed by atoms with Crippen LogP contribution in [0.2, 0.25) is 0 Å². The maximum absolute atomic E-state index is 13.0. The molecule has 3 rings (SSSR count). The lowest BCUT2D eigenvalue weighted by molar-refractivity contribution is 0.0714. The standard InChI is InChI=1S/C17H19FN2OS/c1-11-15(12-4-6-13(18)7-5-12)9-16(22-11)17(21)20-8-2-3-14(19)10-20/h4-7,9,14H,2-3,8,10,19H2,1H3. The highest BCUT2D eigenvalue weighted by atomic mass is 32.1. The topological polar surface area (TPSA) is 46.3 Å². The first kappa shape index (κ1) is 15.2. The molecule has 1 aromatic heterocycles. The van der Waals surface area contributed by atoms with Crippen LogP contribution in [0.1, 0.15) is 27.4 Å². The zero-order chi connectivity index (χ0) is 15.7. The van der Waals surface area contributed by atoms with Crippen LogP contribution in [0.3, 0.4) is 0 Å². The van der Waals surface area contributed by atoms with Crippen molar-refractivity contribution in [1.29, 1.82) is 0 Å². The number of hydrogen-bond acceptors (Lipinski definition) is 3. The van der Waals surface area contributed by atoms with E-state index in [1.807, 2.05) is 17.9 Å². The minimum atomic E-state index is -0.254. The van der Waals surface area contributed by atoms with Crippen LogP contribution in [0.15, 0.2) is 30.3 Å². The van der Waals surface area contributed by atoms with Crippen molar-refractivity contribution < 1.29 is 9.18 Å². The summed E-state index contributed by atoms with van der Waals surface area (Å²) in [6, 6.07) is 8.37. The quantitative estimate of drug-likeness (QED) is 0.922. The second-order valence-electron chi connectivity index (χ2n) is 5.74. The monoisotopic (exact) mass is 318 g/mol. The molecule has 1 aliphatic rings. The number of halogens is 1. The molecule has 0 aliphatic carbocycles. The molecule has 1 amide bonds. The van der Waals surface area contributed by atoms with Gasteiger partial charge in [-0.05, 0) is 49.1 Å². The Labute approximate surface area is 133 Å². The third-order valence-corrected chi connectivity index (χ3v) is 5.07. The summed E-state index contributed by atoms with van der Waals surface area (Å²) in [5.41, 5.74) is 7.89. The van der Waals surface area contributed by atoms with E-state index in [0.717, 1.165) is 40.3 Å². The lowest BCUT2D eigenvalue weighted by Gasteiger charge is -2.30. The SMILES string of the molecule is Cc1sc(C(=O)N2CCCC(N)C2)cc1-c1ccc(F)cc1. The van der Waals surface area contributed by atoms with Crippen molar-refractivity contribution in [1.82, 2.24) is 4.90 Å². The number of rotatable bonds is 2. The Bertz CT molecular complexity index is 680. The average molecular weight is 318 g/mol. The zero-order valence-corrected chi connectivity index (χ0v) is 13.3. The van der Waals surface area contributed by atoms with Crippen molar-refractivity contribution in [3.05, 3.63) is 45.9 Å². The summed E-state index contributed by atoms with van der Waals surface area (Å²) in [4.78, 5) is 16.3. The van der Waals surface area contributed by atoms with Gasteiger partial charge in [0.05, 0.1) is 4.88 Å². The number of benzene rings is 1. The first-order valence-electron chi connectivity index (χ1n) is 7.46. The smallest absolute Gasteiger partial charge is 0.264 e. The highest BCUT2D eigenvalue weighted by molar-refractivity contribution is 7.14. The van der Waals surface area contributed by atoms with Crippen LogP contribution in [0.25, 0.3) is 11.1 Å². The van der Waals surface area contributed by atoms with E-state index in [-0.39, 0.29) is 17.8 Å². The minimum Gasteiger partial charge on any atom is -0.336 e. The lowest BCUT2D eigenvalue weighted by atomic mass is 10.1. The molecule has 1 aromatic carbocycles. The number of nitrogens with two attached hydrogens (primary N) is 1. The van der Waals surface area contributed by atoms with E-state index >= 15 is 0 Å². The summed E-state index contributed by atoms with van der Waals surface area (Å²) in [5, 5.41) is 0. The molecule has 0 spiro atoms. The van der Waals surface area contributed by atoms with E-state index < -0.39 is 0 Å². The summed E-state index contributed by atoms with van der Waals surface area (Å²) < 4.78 is 13.0. The van der Waals surface area contributed by atoms with Gasteiger partial charge in [-0.3, -0.25) is 4.79 Å². The Morgan fingerprint density at radius 2 is 2.09 bits per heavy atom. The average Bonchev–Trinajstić information content (AvgIpc) is 2.89. The molecule has 22 heavy (non-hydrogen) atoms. The number of likely N-dealkylation sites (tertiary alicyclic amines) is 1. The molecule has 116 valence electrons. The number of piperidine rings is 1. The predicted molar refractivity (Wildman–Crippen MR) is 87.6 cm³/mol. The van der Waals surface area contributed by atoms with Crippen LogP contribution in [0.4, 0.5) is 4.39 Å². The molecule has 0 saturated carbocycles. The lowest BCUT2D eigenvalue weighted by Crippen LogP contribution is -2.45. The maximum Gasteiger partial charge on any atom is 0.264 e. The van der Waals surface area contributed by atoms with Gasteiger partial charge in [0.2, 0.25) is 0 Å². The van der Waals surface area contributed by atoms with Gasteiger partial charge in [-0.1, -0.05) is 12.1 Å². The van der Waals surface area contributed by atoms with Gasteiger partial charge < -0.3 is 10.6 Å². The molecular weight excluding hydrogens is 299 g/mol. The molecule has 1 atom stereocenters. The molecule has 1 unspecified atom stereocenters. The van der Waals surface area contributed by atoms with E-state index in [1.54, 1.807) is 12.1 Å². The van der Waals surface area contributed by atoms with E-state index in [0.29, 0.717) is 6.54 Å². The largest absolute Gasteiger partial charge is 0.336 e. The normalized spacial score (nSPS) is 18.5. The Morgan fingerprint density at radius 3 is 2.77 bits per heavy atom. The molecule has 3 nitrogen and oxygen atoms in total. The summed E-state index contributed by atoms with van der Waals surface area (Å²) in [6.45, 7) is 3.39. The van der Waals surface area contributed by atoms with Gasteiger partial charge in [-0.15, -0.1) is 11.3 Å². The number of carbonyl (C=O) groups is 1. The third-order valence-electron chi connectivity index (χ3n) is 4.03. The number of nitrogens with zero attached hydrogens (tertiary/aromatic N) is 1. The zero-order valence-electron chi connectivity index (χ0n) is 12.5. The molecular formula is C17H19FN2OS. The Kier molecular flexibility index (Phi) is 4.27. The molecule has 1 aliphatic heterocycles. The number of aryl methyl sites for hydroxylation is 1. The van der Waals surface area contributed by atoms with E-state index in [1.165, 1.54) is 23.5 Å². The first-order chi connectivity index (χ1) is 10.5. The van der Waals surface area contributed by atoms with Gasteiger partial charge in [0.25, 0.3) is 5.91 Å². The molecule has 0 bridgehead atoms. The third kappa shape index (κ3) is 3.05. The van der Waals surface area contributed by atoms with Crippen molar-refractivity contribution in [2.24, 2.45) is 5.73 Å². The van der Waals surface area contributed by atoms with Crippen LogP contribution >= 0.6 is 11.3 Å². The van der Waals surface area contributed by atoms with E-state index in [4.69, 9.17) is 5.73 Å². The maximum atomic E-state index is 13.0. The summed E-state index contributed by atoms with van der Waals surface area (Å²) in [7, 11) is 0. The summed E-state index contributed by atoms with van der Waals surface area (Å²) >= 11 is 1.49. The highest BCUT2D eigenvalue weighted by Crippen LogP contribution is 2.32. The Morgan fingerprint density at radius 1 is 1.36 bits per heavy atom. The van der Waals surface area contributed by atoms with Gasteiger partial charge >= 0.3 is 0 Å². The highest BCUT2D eigenvalue weighted by Gasteiger charge is 2.24. The first-order valence-corrected chi connectivity index (χ1v) is 8.27. The predicted octanol–water partition coefficient (Wildman–Crippen LogP) is 3.43. The Balaban J connectivity index is 1.85. The van der Waals surface area contributed by atoms with Crippen molar-refractivity contribution in [2.75, 3.05) is 13.1 Å². The van der Waals surface area contributed by atoms with Crippen LogP contribution in [0.5, 0.6) is 0 Å². The van der Waals surface area contributed by atoms with Crippen LogP contribution in [0, 0.1) is 12.7 Å². The number of thiophene rings is 1. The van der Waals surface area contributed by atoms with Crippen LogP contribution in [-0.4, -0.2) is 29.9 Å². The fraction of sp³-hybridized carbons (Fsp3) is 0.353. The second-order valence-corrected chi connectivity index (χ2v) is 7.00. The second kappa shape index (κ2) is 6.18. The van der Waals surface area contributed by atoms with E-state index in [2.05, 4.69) is 0 Å². The van der Waals surface area contributed by atoms with Crippen molar-refractivity contribution in [3.63, 3.8) is 0 Å². The Hall–Kier alpha value is -1.72. The van der Waals surface area contributed by atoms with Gasteiger partial charge in [-0.2, -0.15) is 0 Å². The molecule has 1 saturated heterocycles. The van der Waals surface area contributed by atoms with Gasteiger partial charge in [0.15, 0.2) is 0 Å². The molecule has 2 aromatic rings. The fourth-order valence-electron chi connectivity index (χ4n) is 2.85. The molecule has 0 radical (unpaired) electrons. The molecule has 1 fully saturated rings. The van der Waals surface area contributed by atoms with Crippen molar-refractivity contribution >= 4 is 17.2 Å². The van der Waals surface area contributed by atoms with Crippen LogP contribution < -0.4 is 5.73 Å². The fourth-order valence-corrected chi connectivity index (χ4v) is 3.86. The van der Waals surface area contributed by atoms with Crippen LogP contribution in [-0.2, 0) is 0 Å². The van der Waals surface area contributed by atoms with E-state index in [9.17, 15) is 9.18 Å². The summed E-state index contributed by atoms with van der Waals surface area (Å²) in [5.74, 6) is -0.202. The number of amides is 1.